The predicted molar refractivity (Wildman–Crippen MR) is 80.2 cm³/mol. The first-order chi connectivity index (χ1) is 9.74. The maximum Gasteiger partial charge on any atom is 0.227 e. The number of amides is 1. The molecule has 0 unspecified atom stereocenters. The first kappa shape index (κ1) is 13.5. The summed E-state index contributed by atoms with van der Waals surface area (Å²) in [5, 5.41) is 0. The van der Waals surface area contributed by atoms with Gasteiger partial charge >= 0.3 is 0 Å². The standard InChI is InChI=1S/C17H23NO2/c1-13-6-9-16-15(12-13)18(10-3-11-20-16)17(19)5-2-4-14-7-8-14/h6,9,12,14H,2-5,7-8,10-11H2,1H3. The molecule has 1 saturated carbocycles. The molecule has 0 radical (unpaired) electrons. The first-order valence-corrected chi connectivity index (χ1v) is 7.78. The summed E-state index contributed by atoms with van der Waals surface area (Å²) in [6.45, 7) is 3.53. The Morgan fingerprint density at radius 1 is 1.40 bits per heavy atom. The van der Waals surface area contributed by atoms with Crippen molar-refractivity contribution in [2.45, 2.75) is 45.4 Å². The van der Waals surface area contributed by atoms with E-state index in [1.165, 1.54) is 24.8 Å². The lowest BCUT2D eigenvalue weighted by atomic mass is 10.1. The average molecular weight is 273 g/mol. The van der Waals surface area contributed by atoms with Gasteiger partial charge in [0.15, 0.2) is 0 Å². The molecule has 108 valence electrons. The summed E-state index contributed by atoms with van der Waals surface area (Å²) in [7, 11) is 0. The van der Waals surface area contributed by atoms with E-state index in [0.29, 0.717) is 13.0 Å². The molecule has 0 saturated heterocycles. The molecule has 1 amide bonds. The highest BCUT2D eigenvalue weighted by atomic mass is 16.5. The second kappa shape index (κ2) is 5.86. The molecule has 1 fully saturated rings. The van der Waals surface area contributed by atoms with Gasteiger partial charge in [0.1, 0.15) is 5.75 Å². The Hall–Kier alpha value is -1.51. The molecule has 0 spiro atoms. The van der Waals surface area contributed by atoms with Crippen LogP contribution >= 0.6 is 0 Å². The van der Waals surface area contributed by atoms with Crippen molar-refractivity contribution in [2.24, 2.45) is 5.92 Å². The molecule has 3 rings (SSSR count). The summed E-state index contributed by atoms with van der Waals surface area (Å²) in [5.74, 6) is 2.01. The highest BCUT2D eigenvalue weighted by Crippen LogP contribution is 2.35. The maximum atomic E-state index is 12.5. The Morgan fingerprint density at radius 3 is 3.05 bits per heavy atom. The summed E-state index contributed by atoms with van der Waals surface area (Å²) in [6, 6.07) is 6.10. The van der Waals surface area contributed by atoms with Crippen LogP contribution in [0.3, 0.4) is 0 Å². The highest BCUT2D eigenvalue weighted by molar-refractivity contribution is 5.95. The molecular formula is C17H23NO2. The van der Waals surface area contributed by atoms with Crippen LogP contribution in [0.2, 0.25) is 0 Å². The van der Waals surface area contributed by atoms with Gasteiger partial charge in [-0.05, 0) is 49.8 Å². The van der Waals surface area contributed by atoms with Crippen molar-refractivity contribution in [3.05, 3.63) is 23.8 Å². The zero-order valence-electron chi connectivity index (χ0n) is 12.2. The fraction of sp³-hybridized carbons (Fsp3) is 0.588. The Morgan fingerprint density at radius 2 is 2.25 bits per heavy atom. The minimum atomic E-state index is 0.253. The smallest absolute Gasteiger partial charge is 0.227 e. The number of hydrogen-bond donors (Lipinski definition) is 0. The molecular weight excluding hydrogens is 250 g/mol. The van der Waals surface area contributed by atoms with Crippen LogP contribution in [0.5, 0.6) is 5.75 Å². The van der Waals surface area contributed by atoms with Crippen molar-refractivity contribution < 1.29 is 9.53 Å². The van der Waals surface area contributed by atoms with Gasteiger partial charge in [0.2, 0.25) is 5.91 Å². The molecule has 3 heteroatoms. The second-order valence-corrected chi connectivity index (χ2v) is 6.05. The molecule has 0 N–H and O–H groups in total. The molecule has 1 aromatic carbocycles. The van der Waals surface area contributed by atoms with E-state index in [4.69, 9.17) is 4.74 Å². The minimum Gasteiger partial charge on any atom is -0.491 e. The Kier molecular flexibility index (Phi) is 3.95. The van der Waals surface area contributed by atoms with Crippen molar-refractivity contribution >= 4 is 11.6 Å². The number of fused-ring (bicyclic) bond motifs is 1. The summed E-state index contributed by atoms with van der Waals surface area (Å²) in [5.41, 5.74) is 2.13. The zero-order chi connectivity index (χ0) is 13.9. The Bertz CT molecular complexity index is 494. The summed E-state index contributed by atoms with van der Waals surface area (Å²) in [6.07, 6.45) is 6.56. The number of aryl methyl sites for hydroxylation is 1. The Labute approximate surface area is 120 Å². The van der Waals surface area contributed by atoms with E-state index in [-0.39, 0.29) is 5.91 Å². The lowest BCUT2D eigenvalue weighted by Crippen LogP contribution is -2.31. The number of carbonyl (C=O) groups is 1. The topological polar surface area (TPSA) is 29.5 Å². The van der Waals surface area contributed by atoms with Gasteiger partial charge in [-0.3, -0.25) is 4.79 Å². The molecule has 0 bridgehead atoms. The summed E-state index contributed by atoms with van der Waals surface area (Å²) < 4.78 is 5.74. The van der Waals surface area contributed by atoms with Gasteiger partial charge in [-0.1, -0.05) is 18.9 Å². The monoisotopic (exact) mass is 273 g/mol. The third-order valence-electron chi connectivity index (χ3n) is 4.19. The normalized spacial score (nSPS) is 18.1. The van der Waals surface area contributed by atoms with Gasteiger partial charge in [0.25, 0.3) is 0 Å². The van der Waals surface area contributed by atoms with E-state index in [1.54, 1.807) is 0 Å². The van der Waals surface area contributed by atoms with Crippen LogP contribution in [-0.2, 0) is 4.79 Å². The number of carbonyl (C=O) groups excluding carboxylic acids is 1. The van der Waals surface area contributed by atoms with Crippen molar-refractivity contribution in [1.29, 1.82) is 0 Å². The highest BCUT2D eigenvalue weighted by Gasteiger charge is 2.24. The maximum absolute atomic E-state index is 12.5. The van der Waals surface area contributed by atoms with Gasteiger partial charge in [-0.15, -0.1) is 0 Å². The van der Waals surface area contributed by atoms with Crippen LogP contribution in [0.1, 0.15) is 44.1 Å². The summed E-state index contributed by atoms with van der Waals surface area (Å²) >= 11 is 0. The van der Waals surface area contributed by atoms with Crippen molar-refractivity contribution in [2.75, 3.05) is 18.1 Å². The van der Waals surface area contributed by atoms with Gasteiger partial charge in [0, 0.05) is 13.0 Å². The van der Waals surface area contributed by atoms with Crippen LogP contribution in [0.4, 0.5) is 5.69 Å². The van der Waals surface area contributed by atoms with E-state index < -0.39 is 0 Å². The SMILES string of the molecule is Cc1ccc2c(c1)N(C(=O)CCCC1CC1)CCCO2. The van der Waals surface area contributed by atoms with Crippen LogP contribution < -0.4 is 9.64 Å². The lowest BCUT2D eigenvalue weighted by Gasteiger charge is -2.22. The number of benzene rings is 1. The van der Waals surface area contributed by atoms with E-state index in [0.717, 1.165) is 36.7 Å². The van der Waals surface area contributed by atoms with Gasteiger partial charge < -0.3 is 9.64 Å². The molecule has 1 heterocycles. The third-order valence-corrected chi connectivity index (χ3v) is 4.19. The zero-order valence-corrected chi connectivity index (χ0v) is 12.2. The molecule has 0 aromatic heterocycles. The molecule has 20 heavy (non-hydrogen) atoms. The fourth-order valence-electron chi connectivity index (χ4n) is 2.83. The van der Waals surface area contributed by atoms with Crippen molar-refractivity contribution in [3.8, 4) is 5.75 Å². The average Bonchev–Trinajstić information content (AvgIpc) is 3.24. The van der Waals surface area contributed by atoms with Crippen LogP contribution in [0, 0.1) is 12.8 Å². The third kappa shape index (κ3) is 3.14. The van der Waals surface area contributed by atoms with E-state index in [2.05, 4.69) is 13.0 Å². The predicted octanol–water partition coefficient (Wildman–Crippen LogP) is 3.69. The molecule has 3 nitrogen and oxygen atoms in total. The number of anilines is 1. The van der Waals surface area contributed by atoms with E-state index >= 15 is 0 Å². The van der Waals surface area contributed by atoms with Crippen molar-refractivity contribution in [3.63, 3.8) is 0 Å². The number of ether oxygens (including phenoxy) is 1. The number of nitrogens with zero attached hydrogens (tertiary/aromatic N) is 1. The second-order valence-electron chi connectivity index (χ2n) is 6.05. The van der Waals surface area contributed by atoms with Gasteiger partial charge in [-0.2, -0.15) is 0 Å². The van der Waals surface area contributed by atoms with Crippen LogP contribution in [-0.4, -0.2) is 19.1 Å². The molecule has 0 atom stereocenters. The minimum absolute atomic E-state index is 0.253. The molecule has 1 aromatic rings. The number of rotatable bonds is 4. The molecule has 2 aliphatic rings. The Balaban J connectivity index is 1.70. The lowest BCUT2D eigenvalue weighted by molar-refractivity contribution is -0.118. The van der Waals surface area contributed by atoms with Crippen molar-refractivity contribution in [1.82, 2.24) is 0 Å². The quantitative estimate of drug-likeness (QED) is 0.837. The fourth-order valence-corrected chi connectivity index (χ4v) is 2.83. The van der Waals surface area contributed by atoms with Crippen LogP contribution in [0.15, 0.2) is 18.2 Å². The molecule has 1 aliphatic carbocycles. The molecule has 1 aliphatic heterocycles. The van der Waals surface area contributed by atoms with E-state index in [9.17, 15) is 4.79 Å². The largest absolute Gasteiger partial charge is 0.491 e. The van der Waals surface area contributed by atoms with E-state index in [1.807, 2.05) is 17.0 Å². The van der Waals surface area contributed by atoms with Gasteiger partial charge in [-0.25, -0.2) is 0 Å². The number of hydrogen-bond acceptors (Lipinski definition) is 2. The first-order valence-electron chi connectivity index (χ1n) is 7.78. The van der Waals surface area contributed by atoms with Crippen LogP contribution in [0.25, 0.3) is 0 Å². The van der Waals surface area contributed by atoms with Gasteiger partial charge in [0.05, 0.1) is 12.3 Å². The summed E-state index contributed by atoms with van der Waals surface area (Å²) in [4.78, 5) is 14.4.